The third-order valence-corrected chi connectivity index (χ3v) is 3.90. The first-order chi connectivity index (χ1) is 9.54. The molecule has 0 aliphatic rings. The molecular weight excluding hydrogens is 248 g/mol. The summed E-state index contributed by atoms with van der Waals surface area (Å²) in [7, 11) is 1.88. The molecule has 0 bridgehead atoms. The van der Waals surface area contributed by atoms with E-state index in [0.717, 1.165) is 12.8 Å². The van der Waals surface area contributed by atoms with Gasteiger partial charge in [0.25, 0.3) is 0 Å². The zero-order valence-corrected chi connectivity index (χ0v) is 13.0. The third-order valence-electron chi connectivity index (χ3n) is 3.90. The number of hydrogen-bond donors (Lipinski definition) is 1. The molecule has 0 heterocycles. The van der Waals surface area contributed by atoms with Crippen LogP contribution in [0.25, 0.3) is 0 Å². The van der Waals surface area contributed by atoms with E-state index in [1.807, 2.05) is 30.1 Å². The molecule has 0 aliphatic carbocycles. The average Bonchev–Trinajstić information content (AvgIpc) is 2.43. The van der Waals surface area contributed by atoms with Crippen LogP contribution in [0.15, 0.2) is 30.3 Å². The van der Waals surface area contributed by atoms with Crippen LogP contribution in [-0.2, 0) is 11.3 Å². The van der Waals surface area contributed by atoms with Gasteiger partial charge < -0.3 is 10.6 Å². The molecule has 1 amide bonds. The normalized spacial score (nSPS) is 12.4. The van der Waals surface area contributed by atoms with Crippen LogP contribution in [0.4, 0.5) is 0 Å². The molecule has 112 valence electrons. The number of hydrogen-bond acceptors (Lipinski definition) is 2. The Kier molecular flexibility index (Phi) is 7.31. The number of benzene rings is 1. The zero-order chi connectivity index (χ0) is 15.0. The van der Waals surface area contributed by atoms with E-state index in [2.05, 4.69) is 26.0 Å². The first-order valence-electron chi connectivity index (χ1n) is 7.52. The molecule has 0 fully saturated rings. The van der Waals surface area contributed by atoms with Gasteiger partial charge >= 0.3 is 0 Å². The Labute approximate surface area is 123 Å². The van der Waals surface area contributed by atoms with E-state index >= 15 is 0 Å². The zero-order valence-electron chi connectivity index (χ0n) is 13.0. The van der Waals surface area contributed by atoms with E-state index in [1.165, 1.54) is 5.56 Å². The van der Waals surface area contributed by atoms with Gasteiger partial charge in [0, 0.05) is 20.0 Å². The van der Waals surface area contributed by atoms with Crippen molar-refractivity contribution in [2.45, 2.75) is 39.7 Å². The molecule has 3 nitrogen and oxygen atoms in total. The van der Waals surface area contributed by atoms with Gasteiger partial charge in [0.15, 0.2) is 0 Å². The number of nitrogens with two attached hydrogens (primary N) is 1. The maximum Gasteiger partial charge on any atom is 0.222 e. The summed E-state index contributed by atoms with van der Waals surface area (Å²) in [6, 6.07) is 10.1. The topological polar surface area (TPSA) is 46.3 Å². The van der Waals surface area contributed by atoms with Crippen molar-refractivity contribution < 1.29 is 4.79 Å². The van der Waals surface area contributed by atoms with Gasteiger partial charge in [0.05, 0.1) is 0 Å². The fourth-order valence-corrected chi connectivity index (χ4v) is 2.47. The van der Waals surface area contributed by atoms with E-state index in [-0.39, 0.29) is 5.91 Å². The molecule has 2 N–H and O–H groups in total. The summed E-state index contributed by atoms with van der Waals surface area (Å²) in [5.74, 6) is 1.36. The van der Waals surface area contributed by atoms with Crippen molar-refractivity contribution in [2.24, 2.45) is 17.6 Å². The Morgan fingerprint density at radius 2 is 1.85 bits per heavy atom. The molecule has 0 aromatic heterocycles. The smallest absolute Gasteiger partial charge is 0.222 e. The molecule has 3 heteroatoms. The van der Waals surface area contributed by atoms with Gasteiger partial charge in [-0.2, -0.15) is 0 Å². The summed E-state index contributed by atoms with van der Waals surface area (Å²) in [5.41, 5.74) is 6.81. The molecule has 1 atom stereocenters. The minimum absolute atomic E-state index is 0.219. The SMILES string of the molecule is CC(C)C(CCN)CCC(=O)N(C)Cc1ccccc1. The second-order valence-electron chi connectivity index (χ2n) is 5.86. The van der Waals surface area contributed by atoms with Crippen LogP contribution < -0.4 is 5.73 Å². The Hall–Kier alpha value is -1.35. The molecule has 0 spiro atoms. The minimum Gasteiger partial charge on any atom is -0.341 e. The summed E-state index contributed by atoms with van der Waals surface area (Å²) in [6.07, 6.45) is 2.56. The second-order valence-corrected chi connectivity index (χ2v) is 5.86. The van der Waals surface area contributed by atoms with Crippen molar-refractivity contribution in [1.82, 2.24) is 4.90 Å². The quantitative estimate of drug-likeness (QED) is 0.793. The van der Waals surface area contributed by atoms with E-state index in [1.54, 1.807) is 0 Å². The Balaban J connectivity index is 2.41. The highest BCUT2D eigenvalue weighted by molar-refractivity contribution is 5.75. The highest BCUT2D eigenvalue weighted by Gasteiger charge is 2.16. The van der Waals surface area contributed by atoms with Crippen LogP contribution in [0.5, 0.6) is 0 Å². The van der Waals surface area contributed by atoms with Crippen molar-refractivity contribution >= 4 is 5.91 Å². The van der Waals surface area contributed by atoms with Crippen molar-refractivity contribution in [3.63, 3.8) is 0 Å². The monoisotopic (exact) mass is 276 g/mol. The molecule has 1 rings (SSSR count). The van der Waals surface area contributed by atoms with Gasteiger partial charge in [0.2, 0.25) is 5.91 Å². The van der Waals surface area contributed by atoms with Gasteiger partial charge in [-0.25, -0.2) is 0 Å². The van der Waals surface area contributed by atoms with E-state index in [0.29, 0.717) is 31.3 Å². The maximum absolute atomic E-state index is 12.2. The summed E-state index contributed by atoms with van der Waals surface area (Å²) < 4.78 is 0. The fraction of sp³-hybridized carbons (Fsp3) is 0.588. The van der Waals surface area contributed by atoms with Gasteiger partial charge in [-0.05, 0) is 36.8 Å². The lowest BCUT2D eigenvalue weighted by Gasteiger charge is -2.22. The molecule has 0 radical (unpaired) electrons. The summed E-state index contributed by atoms with van der Waals surface area (Å²) >= 11 is 0. The Morgan fingerprint density at radius 3 is 2.40 bits per heavy atom. The Bertz CT molecular complexity index is 389. The second kappa shape index (κ2) is 8.75. The predicted octanol–water partition coefficient (Wildman–Crippen LogP) is 3.05. The molecule has 0 aliphatic heterocycles. The maximum atomic E-state index is 12.2. The predicted molar refractivity (Wildman–Crippen MR) is 84.1 cm³/mol. The summed E-state index contributed by atoms with van der Waals surface area (Å²) in [4.78, 5) is 14.0. The first-order valence-corrected chi connectivity index (χ1v) is 7.52. The van der Waals surface area contributed by atoms with Crippen molar-refractivity contribution in [3.05, 3.63) is 35.9 Å². The van der Waals surface area contributed by atoms with Gasteiger partial charge in [-0.15, -0.1) is 0 Å². The lowest BCUT2D eigenvalue weighted by Crippen LogP contribution is -2.27. The molecule has 20 heavy (non-hydrogen) atoms. The lowest BCUT2D eigenvalue weighted by molar-refractivity contribution is -0.130. The third kappa shape index (κ3) is 5.74. The summed E-state index contributed by atoms with van der Waals surface area (Å²) in [6.45, 7) is 5.80. The molecule has 0 saturated heterocycles. The van der Waals surface area contributed by atoms with E-state index < -0.39 is 0 Å². The van der Waals surface area contributed by atoms with Gasteiger partial charge in [0.1, 0.15) is 0 Å². The number of carbonyl (C=O) groups excluding carboxylic acids is 1. The molecular formula is C17H28N2O. The van der Waals surface area contributed by atoms with Crippen LogP contribution in [0.3, 0.4) is 0 Å². The highest BCUT2D eigenvalue weighted by atomic mass is 16.2. The summed E-state index contributed by atoms with van der Waals surface area (Å²) in [5, 5.41) is 0. The van der Waals surface area contributed by atoms with E-state index in [9.17, 15) is 4.79 Å². The van der Waals surface area contributed by atoms with Crippen LogP contribution in [0.1, 0.15) is 38.7 Å². The van der Waals surface area contributed by atoms with Crippen LogP contribution >= 0.6 is 0 Å². The molecule has 1 unspecified atom stereocenters. The molecule has 1 aromatic carbocycles. The lowest BCUT2D eigenvalue weighted by atomic mass is 9.88. The van der Waals surface area contributed by atoms with Crippen LogP contribution in [-0.4, -0.2) is 24.4 Å². The largest absolute Gasteiger partial charge is 0.341 e. The van der Waals surface area contributed by atoms with Gasteiger partial charge in [-0.3, -0.25) is 4.79 Å². The number of carbonyl (C=O) groups is 1. The number of rotatable bonds is 8. The van der Waals surface area contributed by atoms with Crippen molar-refractivity contribution in [3.8, 4) is 0 Å². The average molecular weight is 276 g/mol. The Morgan fingerprint density at radius 1 is 1.20 bits per heavy atom. The van der Waals surface area contributed by atoms with E-state index in [4.69, 9.17) is 5.73 Å². The fourth-order valence-electron chi connectivity index (χ4n) is 2.47. The van der Waals surface area contributed by atoms with Crippen LogP contribution in [0.2, 0.25) is 0 Å². The van der Waals surface area contributed by atoms with Crippen molar-refractivity contribution in [2.75, 3.05) is 13.6 Å². The first kappa shape index (κ1) is 16.7. The number of nitrogens with zero attached hydrogens (tertiary/aromatic N) is 1. The van der Waals surface area contributed by atoms with Gasteiger partial charge in [-0.1, -0.05) is 44.2 Å². The van der Waals surface area contributed by atoms with Crippen LogP contribution in [0, 0.1) is 11.8 Å². The highest BCUT2D eigenvalue weighted by Crippen LogP contribution is 2.21. The standard InChI is InChI=1S/C17H28N2O/c1-14(2)16(11-12-18)9-10-17(20)19(3)13-15-7-5-4-6-8-15/h4-8,14,16H,9-13,18H2,1-3H3. The molecule has 0 saturated carbocycles. The molecule has 1 aromatic rings. The van der Waals surface area contributed by atoms with Crippen molar-refractivity contribution in [1.29, 1.82) is 0 Å². The number of amides is 1. The minimum atomic E-state index is 0.219.